The Morgan fingerprint density at radius 2 is 2.00 bits per heavy atom. The van der Waals surface area contributed by atoms with Crippen LogP contribution in [0.3, 0.4) is 0 Å². The first-order valence-electron chi connectivity index (χ1n) is 6.82. The van der Waals surface area contributed by atoms with Crippen LogP contribution in [0.5, 0.6) is 5.75 Å². The number of para-hydroxylation sites is 1. The first kappa shape index (κ1) is 18.1. The maximum Gasteiger partial charge on any atom is 0.417 e. The van der Waals surface area contributed by atoms with Crippen LogP contribution >= 0.6 is 11.8 Å². The number of rotatable bonds is 5. The van der Waals surface area contributed by atoms with E-state index in [1.807, 2.05) is 0 Å². The van der Waals surface area contributed by atoms with Gasteiger partial charge in [0.25, 0.3) is 0 Å². The second-order valence-corrected chi connectivity index (χ2v) is 5.81. The molecule has 1 heterocycles. The van der Waals surface area contributed by atoms with Gasteiger partial charge in [-0.25, -0.2) is 9.37 Å². The van der Waals surface area contributed by atoms with Crippen LogP contribution in [0.15, 0.2) is 35.4 Å². The van der Waals surface area contributed by atoms with Crippen molar-refractivity contribution < 1.29 is 22.3 Å². The Morgan fingerprint density at radius 1 is 1.29 bits per heavy atom. The molecule has 0 amide bonds. The van der Waals surface area contributed by atoms with Crippen molar-refractivity contribution >= 4 is 11.8 Å². The van der Waals surface area contributed by atoms with Crippen LogP contribution in [0.2, 0.25) is 0 Å². The highest BCUT2D eigenvalue weighted by molar-refractivity contribution is 7.99. The van der Waals surface area contributed by atoms with Crippen molar-refractivity contribution in [1.29, 1.82) is 5.26 Å². The number of nitriles is 1. The van der Waals surface area contributed by atoms with Gasteiger partial charge in [-0.05, 0) is 25.1 Å². The fourth-order valence-corrected chi connectivity index (χ4v) is 2.80. The third kappa shape index (κ3) is 4.38. The van der Waals surface area contributed by atoms with Gasteiger partial charge in [0, 0.05) is 11.4 Å². The van der Waals surface area contributed by atoms with Gasteiger partial charge in [-0.2, -0.15) is 18.4 Å². The van der Waals surface area contributed by atoms with Gasteiger partial charge in [0.1, 0.15) is 11.1 Å². The molecule has 1 aromatic carbocycles. The molecule has 8 heteroatoms. The third-order valence-corrected chi connectivity index (χ3v) is 3.89. The van der Waals surface area contributed by atoms with Crippen molar-refractivity contribution in [3.63, 3.8) is 0 Å². The molecule has 0 atom stereocenters. The van der Waals surface area contributed by atoms with Crippen LogP contribution in [-0.4, -0.2) is 17.3 Å². The maximum absolute atomic E-state index is 13.4. The Labute approximate surface area is 140 Å². The molecule has 24 heavy (non-hydrogen) atoms. The zero-order chi connectivity index (χ0) is 17.7. The molecule has 0 unspecified atom stereocenters. The summed E-state index contributed by atoms with van der Waals surface area (Å²) in [5.74, 6) is -0.239. The second kappa shape index (κ2) is 7.53. The molecule has 0 aliphatic heterocycles. The molecular weight excluding hydrogens is 344 g/mol. The smallest absolute Gasteiger partial charge is 0.417 e. The summed E-state index contributed by atoms with van der Waals surface area (Å²) in [5, 5.41) is 9.03. The third-order valence-electron chi connectivity index (χ3n) is 2.95. The molecule has 0 saturated carbocycles. The fraction of sp³-hybridized carbons (Fsp3) is 0.250. The van der Waals surface area contributed by atoms with Gasteiger partial charge in [-0.3, -0.25) is 0 Å². The lowest BCUT2D eigenvalue weighted by Crippen LogP contribution is -2.11. The van der Waals surface area contributed by atoms with Crippen molar-refractivity contribution in [2.45, 2.75) is 18.1 Å². The quantitative estimate of drug-likeness (QED) is 0.447. The summed E-state index contributed by atoms with van der Waals surface area (Å²) in [5.41, 5.74) is -1.35. The van der Waals surface area contributed by atoms with Crippen LogP contribution < -0.4 is 4.74 Å². The number of halogens is 4. The number of hydrogen-bond acceptors (Lipinski definition) is 4. The predicted octanol–water partition coefficient (Wildman–Crippen LogP) is 4.59. The molecule has 0 N–H and O–H groups in total. The number of thioether (sulfide) groups is 1. The molecule has 0 aliphatic rings. The lowest BCUT2D eigenvalue weighted by molar-refractivity contribution is -0.138. The molecule has 0 bridgehead atoms. The van der Waals surface area contributed by atoms with Crippen LogP contribution in [0, 0.1) is 24.1 Å². The first-order valence-corrected chi connectivity index (χ1v) is 7.80. The number of pyridine rings is 1. The average molecular weight is 356 g/mol. The van der Waals surface area contributed by atoms with Gasteiger partial charge in [0.15, 0.2) is 11.6 Å². The normalized spacial score (nSPS) is 11.2. The minimum Gasteiger partial charge on any atom is -0.490 e. The van der Waals surface area contributed by atoms with E-state index >= 15 is 0 Å². The number of ether oxygens (including phenoxy) is 1. The molecule has 1 aromatic heterocycles. The zero-order valence-corrected chi connectivity index (χ0v) is 13.3. The Hall–Kier alpha value is -2.27. The molecule has 3 nitrogen and oxygen atoms in total. The van der Waals surface area contributed by atoms with Crippen LogP contribution in [0.1, 0.15) is 16.8 Å². The summed E-state index contributed by atoms with van der Waals surface area (Å²) in [6.45, 7) is 1.49. The van der Waals surface area contributed by atoms with Gasteiger partial charge in [-0.15, -0.1) is 11.8 Å². The highest BCUT2D eigenvalue weighted by atomic mass is 32.2. The maximum atomic E-state index is 13.4. The van der Waals surface area contributed by atoms with E-state index < -0.39 is 23.1 Å². The fourth-order valence-electron chi connectivity index (χ4n) is 1.93. The van der Waals surface area contributed by atoms with E-state index in [1.54, 1.807) is 12.1 Å². The second-order valence-electron chi connectivity index (χ2n) is 4.73. The highest BCUT2D eigenvalue weighted by Crippen LogP contribution is 2.35. The van der Waals surface area contributed by atoms with Crippen molar-refractivity contribution in [2.75, 3.05) is 12.4 Å². The summed E-state index contributed by atoms with van der Waals surface area (Å²) >= 11 is 0.960. The lowest BCUT2D eigenvalue weighted by atomic mass is 10.1. The van der Waals surface area contributed by atoms with E-state index in [4.69, 9.17) is 10.00 Å². The summed E-state index contributed by atoms with van der Waals surface area (Å²) in [4.78, 5) is 3.99. The number of benzene rings is 1. The molecule has 126 valence electrons. The van der Waals surface area contributed by atoms with Gasteiger partial charge in [-0.1, -0.05) is 12.1 Å². The SMILES string of the molecule is Cc1cc(C(F)(F)F)c(C#N)c(SCCOc2ccccc2F)n1. The van der Waals surface area contributed by atoms with Crippen LogP contribution in [-0.2, 0) is 6.18 Å². The highest BCUT2D eigenvalue weighted by Gasteiger charge is 2.35. The van der Waals surface area contributed by atoms with Crippen molar-refractivity contribution in [2.24, 2.45) is 0 Å². The topological polar surface area (TPSA) is 45.9 Å². The average Bonchev–Trinajstić information content (AvgIpc) is 2.51. The van der Waals surface area contributed by atoms with E-state index in [1.165, 1.54) is 25.1 Å². The van der Waals surface area contributed by atoms with E-state index in [2.05, 4.69) is 4.98 Å². The zero-order valence-electron chi connectivity index (χ0n) is 12.5. The number of alkyl halides is 3. The Morgan fingerprint density at radius 3 is 2.62 bits per heavy atom. The van der Waals surface area contributed by atoms with Gasteiger partial charge in [0.2, 0.25) is 0 Å². The van der Waals surface area contributed by atoms with Gasteiger partial charge < -0.3 is 4.74 Å². The minimum atomic E-state index is -4.63. The molecule has 0 fully saturated rings. The largest absolute Gasteiger partial charge is 0.490 e. The van der Waals surface area contributed by atoms with E-state index in [0.717, 1.165) is 17.8 Å². The molecule has 2 rings (SSSR count). The molecule has 0 aliphatic carbocycles. The van der Waals surface area contributed by atoms with Gasteiger partial charge >= 0.3 is 6.18 Å². The van der Waals surface area contributed by atoms with Crippen molar-refractivity contribution in [3.05, 3.63) is 53.0 Å². The van der Waals surface area contributed by atoms with E-state index in [0.29, 0.717) is 0 Å². The molecular formula is C16H12F4N2OS. The number of hydrogen-bond donors (Lipinski definition) is 0. The first-order chi connectivity index (χ1) is 11.3. The standard InChI is InChI=1S/C16H12F4N2OS/c1-10-8-12(16(18,19)20)11(9-21)15(22-10)24-7-6-23-14-5-3-2-4-13(14)17/h2-5,8H,6-7H2,1H3. The molecule has 0 saturated heterocycles. The Kier molecular flexibility index (Phi) is 5.67. The summed E-state index contributed by atoms with van der Waals surface area (Å²) in [6.07, 6.45) is -4.63. The monoisotopic (exact) mass is 356 g/mol. The van der Waals surface area contributed by atoms with Crippen LogP contribution in [0.4, 0.5) is 17.6 Å². The Bertz CT molecular complexity index is 772. The van der Waals surface area contributed by atoms with E-state index in [-0.39, 0.29) is 28.8 Å². The number of aryl methyl sites for hydroxylation is 1. The van der Waals surface area contributed by atoms with E-state index in [9.17, 15) is 17.6 Å². The lowest BCUT2D eigenvalue weighted by Gasteiger charge is -2.13. The predicted molar refractivity (Wildman–Crippen MR) is 81.3 cm³/mol. The molecule has 2 aromatic rings. The Balaban J connectivity index is 2.09. The summed E-state index contributed by atoms with van der Waals surface area (Å²) in [6, 6.07) is 8.23. The summed E-state index contributed by atoms with van der Waals surface area (Å²) < 4.78 is 57.6. The van der Waals surface area contributed by atoms with Crippen molar-refractivity contribution in [1.82, 2.24) is 4.98 Å². The van der Waals surface area contributed by atoms with Crippen LogP contribution in [0.25, 0.3) is 0 Å². The minimum absolute atomic E-state index is 0.0121. The molecule has 0 spiro atoms. The molecule has 0 radical (unpaired) electrons. The van der Waals surface area contributed by atoms with Gasteiger partial charge in [0.05, 0.1) is 17.7 Å². The number of aromatic nitrogens is 1. The number of nitrogens with zero attached hydrogens (tertiary/aromatic N) is 2. The van der Waals surface area contributed by atoms with Crippen molar-refractivity contribution in [3.8, 4) is 11.8 Å². The summed E-state index contributed by atoms with van der Waals surface area (Å²) in [7, 11) is 0.